The lowest BCUT2D eigenvalue weighted by molar-refractivity contribution is -0.137. The summed E-state index contributed by atoms with van der Waals surface area (Å²) in [7, 11) is 0. The fourth-order valence-electron chi connectivity index (χ4n) is 8.90. The van der Waals surface area contributed by atoms with Gasteiger partial charge in [-0.2, -0.15) is 0 Å². The van der Waals surface area contributed by atoms with Crippen molar-refractivity contribution >= 4 is 74.3 Å². The number of H-pyrrole nitrogens is 2. The number of aromatic amines is 2. The number of carbonyl (C=O) groups is 5. The Morgan fingerprint density at radius 2 is 1.59 bits per heavy atom. The molecule has 7 N–H and O–H groups in total. The van der Waals surface area contributed by atoms with E-state index < -0.39 is 34.9 Å². The molecule has 1 saturated heterocycles. The molecule has 2 aliphatic heterocycles. The Hall–Kier alpha value is -6.14. The number of amides is 5. The average Bonchev–Trinajstić information content (AvgIpc) is 4.08. The van der Waals surface area contributed by atoms with Gasteiger partial charge in [0.25, 0.3) is 11.8 Å². The fourth-order valence-corrected chi connectivity index (χ4v) is 9.15. The van der Waals surface area contributed by atoms with Crippen LogP contribution in [-0.4, -0.2) is 121 Å². The number of nitrogens with two attached hydrogens (primary N) is 1. The lowest BCUT2D eigenvalue weighted by Crippen LogP contribution is -2.55. The number of morpholine rings is 1. The molecule has 3 atom stereocenters. The predicted molar refractivity (Wildman–Crippen MR) is 276 cm³/mol. The molecule has 0 aliphatic carbocycles. The van der Waals surface area contributed by atoms with Gasteiger partial charge in [-0.15, -0.1) is 11.6 Å². The van der Waals surface area contributed by atoms with Crippen LogP contribution in [0.2, 0.25) is 0 Å². The molecule has 17 nitrogen and oxygen atoms in total. The van der Waals surface area contributed by atoms with E-state index in [4.69, 9.17) is 36.3 Å². The number of anilines is 2. The summed E-state index contributed by atoms with van der Waals surface area (Å²) < 4.78 is 23.7. The number of aromatic nitrogens is 2. The Morgan fingerprint density at radius 1 is 0.873 bits per heavy atom. The predicted octanol–water partition coefficient (Wildman–Crippen LogP) is 7.23. The maximum atomic E-state index is 14.4. The van der Waals surface area contributed by atoms with Crippen LogP contribution >= 0.6 is 11.6 Å². The van der Waals surface area contributed by atoms with Gasteiger partial charge in [0.05, 0.1) is 36.6 Å². The molecular weight excluding hydrogens is 928 g/mol. The minimum Gasteiger partial charge on any atom is -0.494 e. The molecule has 382 valence electrons. The molecule has 0 unspecified atom stereocenters. The number of fused-ring (bicyclic) bond motifs is 4. The van der Waals surface area contributed by atoms with Crippen molar-refractivity contribution in [2.45, 2.75) is 98.4 Å². The van der Waals surface area contributed by atoms with Gasteiger partial charge in [0.2, 0.25) is 17.7 Å². The first-order valence-electron chi connectivity index (χ1n) is 24.5. The molecule has 18 heteroatoms. The SMILES string of the molecule is CCOc1ccc2[nH]c(C(=O)N3C[C@@H](CCl)c4c3cc(OCc3ccc(NC(=O)[C@@H](C)NC(=O)[C@H](NC(=O)C(C)(C)CCOC(C)(C)CCN)C(C)C)cc3)c3[nH]c(C(=O)N5CCOCC5)cc43)cc2c1. The molecule has 0 radical (unpaired) electrons. The van der Waals surface area contributed by atoms with Crippen LogP contribution in [0.4, 0.5) is 11.4 Å². The molecule has 3 aromatic carbocycles. The van der Waals surface area contributed by atoms with Crippen LogP contribution in [0.25, 0.3) is 21.8 Å². The topological polar surface area (TPSA) is 222 Å². The van der Waals surface area contributed by atoms with Gasteiger partial charge in [-0.05, 0) is 107 Å². The van der Waals surface area contributed by atoms with Crippen molar-refractivity contribution in [1.29, 1.82) is 0 Å². The molecule has 71 heavy (non-hydrogen) atoms. The van der Waals surface area contributed by atoms with Gasteiger partial charge in [-0.25, -0.2) is 0 Å². The summed E-state index contributed by atoms with van der Waals surface area (Å²) in [4.78, 5) is 78.7. The number of nitrogens with one attached hydrogen (secondary N) is 5. The molecule has 0 saturated carbocycles. The molecule has 0 spiro atoms. The van der Waals surface area contributed by atoms with Crippen molar-refractivity contribution in [2.24, 2.45) is 17.1 Å². The Balaban J connectivity index is 1.04. The number of hydrogen-bond donors (Lipinski definition) is 6. The second kappa shape index (κ2) is 22.5. The second-order valence-corrected chi connectivity index (χ2v) is 20.3. The van der Waals surface area contributed by atoms with E-state index in [1.807, 2.05) is 97.0 Å². The van der Waals surface area contributed by atoms with Crippen LogP contribution in [0.15, 0.2) is 60.7 Å². The zero-order chi connectivity index (χ0) is 51.2. The number of nitrogens with zero attached hydrogens (tertiary/aromatic N) is 2. The molecule has 7 rings (SSSR count). The lowest BCUT2D eigenvalue weighted by atomic mass is 9.87. The highest BCUT2D eigenvalue weighted by Crippen LogP contribution is 2.46. The minimum atomic E-state index is -0.924. The summed E-state index contributed by atoms with van der Waals surface area (Å²) in [6.45, 7) is 18.3. The first-order valence-corrected chi connectivity index (χ1v) is 25.0. The van der Waals surface area contributed by atoms with Crippen LogP contribution in [0.1, 0.15) is 106 Å². The number of alkyl halides is 1. The third-order valence-corrected chi connectivity index (χ3v) is 13.7. The van der Waals surface area contributed by atoms with Gasteiger partial charge in [0.1, 0.15) is 41.6 Å². The number of ether oxygens (including phenoxy) is 4. The van der Waals surface area contributed by atoms with Crippen molar-refractivity contribution in [3.63, 3.8) is 0 Å². The summed E-state index contributed by atoms with van der Waals surface area (Å²) in [5.41, 5.74) is 9.43. The van der Waals surface area contributed by atoms with Crippen molar-refractivity contribution in [2.75, 3.05) is 68.7 Å². The van der Waals surface area contributed by atoms with Gasteiger partial charge in [0.15, 0.2) is 0 Å². The zero-order valence-electron chi connectivity index (χ0n) is 42.1. The molecular formula is C53H69ClN8O9. The van der Waals surface area contributed by atoms with Gasteiger partial charge in [-0.1, -0.05) is 39.8 Å². The maximum Gasteiger partial charge on any atom is 0.274 e. The summed E-state index contributed by atoms with van der Waals surface area (Å²) >= 11 is 6.65. The van der Waals surface area contributed by atoms with Gasteiger partial charge in [0, 0.05) is 71.5 Å². The molecule has 5 amide bonds. The molecule has 0 bridgehead atoms. The lowest BCUT2D eigenvalue weighted by Gasteiger charge is -2.31. The van der Waals surface area contributed by atoms with Crippen molar-refractivity contribution in [3.05, 3.63) is 83.2 Å². The van der Waals surface area contributed by atoms with Crippen LogP contribution in [-0.2, 0) is 30.5 Å². The second-order valence-electron chi connectivity index (χ2n) is 20.0. The Bertz CT molecular complexity index is 2720. The van der Waals surface area contributed by atoms with E-state index in [1.165, 1.54) is 0 Å². The molecule has 2 aliphatic rings. The fraction of sp³-hybridized carbons (Fsp3) is 0.491. The van der Waals surface area contributed by atoms with Crippen molar-refractivity contribution < 1.29 is 42.9 Å². The molecule has 5 aromatic rings. The highest BCUT2D eigenvalue weighted by Gasteiger charge is 2.38. The summed E-state index contributed by atoms with van der Waals surface area (Å²) in [6, 6.07) is 16.4. The van der Waals surface area contributed by atoms with Gasteiger partial charge < -0.3 is 60.4 Å². The molecule has 2 aromatic heterocycles. The number of rotatable bonds is 21. The highest BCUT2D eigenvalue weighted by atomic mass is 35.5. The Kier molecular flexibility index (Phi) is 16.7. The largest absolute Gasteiger partial charge is 0.494 e. The average molecular weight is 998 g/mol. The smallest absolute Gasteiger partial charge is 0.274 e. The van der Waals surface area contributed by atoms with Crippen LogP contribution in [0.5, 0.6) is 11.5 Å². The number of hydrogen-bond acceptors (Lipinski definition) is 10. The van der Waals surface area contributed by atoms with E-state index in [0.717, 1.165) is 27.4 Å². The highest BCUT2D eigenvalue weighted by molar-refractivity contribution is 6.19. The van der Waals surface area contributed by atoms with Crippen LogP contribution in [0.3, 0.4) is 0 Å². The Labute approximate surface area is 420 Å². The third kappa shape index (κ3) is 12.3. The maximum absolute atomic E-state index is 14.4. The minimum absolute atomic E-state index is 0.107. The van der Waals surface area contributed by atoms with Crippen molar-refractivity contribution in [1.82, 2.24) is 25.5 Å². The van der Waals surface area contributed by atoms with E-state index in [2.05, 4.69) is 25.9 Å². The summed E-state index contributed by atoms with van der Waals surface area (Å²) in [5.74, 6) is -0.714. The van der Waals surface area contributed by atoms with E-state index in [-0.39, 0.29) is 42.0 Å². The third-order valence-electron chi connectivity index (χ3n) is 13.3. The van der Waals surface area contributed by atoms with Gasteiger partial charge >= 0.3 is 0 Å². The van der Waals surface area contributed by atoms with E-state index in [0.29, 0.717) is 105 Å². The van der Waals surface area contributed by atoms with Crippen LogP contribution in [0, 0.1) is 11.3 Å². The molecule has 4 heterocycles. The monoisotopic (exact) mass is 996 g/mol. The number of benzene rings is 3. The summed E-state index contributed by atoms with van der Waals surface area (Å²) in [5, 5.41) is 10.1. The van der Waals surface area contributed by atoms with E-state index in [9.17, 15) is 24.0 Å². The quantitative estimate of drug-likeness (QED) is 0.0405. The summed E-state index contributed by atoms with van der Waals surface area (Å²) in [6.07, 6.45) is 1.12. The number of halogens is 1. The normalized spacial score (nSPS) is 16.0. The van der Waals surface area contributed by atoms with Crippen molar-refractivity contribution in [3.8, 4) is 11.5 Å². The van der Waals surface area contributed by atoms with E-state index in [1.54, 1.807) is 28.9 Å². The van der Waals surface area contributed by atoms with Gasteiger partial charge in [-0.3, -0.25) is 24.0 Å². The number of carbonyl (C=O) groups excluding carboxylic acids is 5. The Morgan fingerprint density at radius 3 is 2.27 bits per heavy atom. The molecule has 1 fully saturated rings. The van der Waals surface area contributed by atoms with E-state index >= 15 is 0 Å². The first kappa shape index (κ1) is 52.7. The van der Waals surface area contributed by atoms with Crippen LogP contribution < -0.4 is 36.1 Å². The first-order chi connectivity index (χ1) is 33.8. The standard InChI is InChI=1S/C53H69ClN8O9/c1-9-69-37-14-15-39-34(24-37)25-40(58-39)50(66)62-29-35(28-54)44-38-26-41(49(65)61-19-22-68-23-20-61)59-46(38)43(27-42(44)62)70-30-33-10-12-36(13-11-33)57-47(63)32(4)56-48(64)45(31(2)3)60-51(67)52(5,6)17-21-71-53(7,8)16-18-55/h10-15,24-27,31-32,35,45,58-59H,9,16-23,28-30,55H2,1-8H3,(H,56,64)(H,57,63)(H,60,67)/t32-,35-,45-/m1/s1. The zero-order valence-corrected chi connectivity index (χ0v) is 42.8.